The lowest BCUT2D eigenvalue weighted by Gasteiger charge is -2.33. The lowest BCUT2D eigenvalue weighted by atomic mass is 10.1. The third-order valence-electron chi connectivity index (χ3n) is 3.29. The van der Waals surface area contributed by atoms with Crippen LogP contribution in [-0.4, -0.2) is 62.0 Å². The third-order valence-corrected chi connectivity index (χ3v) is 3.29. The Balaban J connectivity index is 2.20. The molecular formula is C12H26N2O2. The molecular weight excluding hydrogens is 204 g/mol. The summed E-state index contributed by atoms with van der Waals surface area (Å²) in [6.45, 7) is 6.37. The number of ether oxygens (including phenoxy) is 1. The molecule has 0 saturated carbocycles. The number of nitrogens with one attached hydrogen (secondary N) is 1. The van der Waals surface area contributed by atoms with E-state index in [1.807, 2.05) is 7.05 Å². The van der Waals surface area contributed by atoms with Crippen molar-refractivity contribution < 1.29 is 9.84 Å². The van der Waals surface area contributed by atoms with Crippen molar-refractivity contribution in [3.8, 4) is 0 Å². The van der Waals surface area contributed by atoms with Crippen molar-refractivity contribution in [2.75, 3.05) is 39.9 Å². The van der Waals surface area contributed by atoms with Gasteiger partial charge in [-0.15, -0.1) is 0 Å². The first-order valence-electron chi connectivity index (χ1n) is 6.42. The second kappa shape index (κ2) is 8.01. The number of aliphatic hydroxyl groups excluding tert-OH is 1. The fourth-order valence-corrected chi connectivity index (χ4v) is 2.25. The van der Waals surface area contributed by atoms with Crippen LogP contribution in [0, 0.1) is 0 Å². The van der Waals surface area contributed by atoms with Gasteiger partial charge in [-0.3, -0.25) is 0 Å². The summed E-state index contributed by atoms with van der Waals surface area (Å²) in [6, 6.07) is 0.229. The monoisotopic (exact) mass is 230 g/mol. The topological polar surface area (TPSA) is 44.7 Å². The molecule has 0 radical (unpaired) electrons. The Morgan fingerprint density at radius 3 is 3.00 bits per heavy atom. The summed E-state index contributed by atoms with van der Waals surface area (Å²) in [5.74, 6) is 0. The van der Waals surface area contributed by atoms with Gasteiger partial charge in [0.05, 0.1) is 12.7 Å². The maximum absolute atomic E-state index is 9.09. The third kappa shape index (κ3) is 4.78. The first-order chi connectivity index (χ1) is 7.80. The van der Waals surface area contributed by atoms with E-state index in [-0.39, 0.29) is 12.6 Å². The molecule has 0 aromatic carbocycles. The highest BCUT2D eigenvalue weighted by Gasteiger charge is 2.20. The van der Waals surface area contributed by atoms with Gasteiger partial charge in [0.2, 0.25) is 0 Å². The Hall–Kier alpha value is -0.160. The molecule has 96 valence electrons. The molecule has 1 saturated heterocycles. The number of rotatable bonds is 7. The highest BCUT2D eigenvalue weighted by molar-refractivity contribution is 4.75. The van der Waals surface area contributed by atoms with Crippen molar-refractivity contribution in [3.63, 3.8) is 0 Å². The molecule has 1 heterocycles. The van der Waals surface area contributed by atoms with Crippen LogP contribution >= 0.6 is 0 Å². The molecule has 0 aromatic rings. The summed E-state index contributed by atoms with van der Waals surface area (Å²) >= 11 is 0. The minimum atomic E-state index is 0.221. The lowest BCUT2D eigenvalue weighted by Crippen LogP contribution is -2.42. The minimum Gasteiger partial charge on any atom is -0.395 e. The van der Waals surface area contributed by atoms with Gasteiger partial charge in [-0.2, -0.15) is 0 Å². The Kier molecular flexibility index (Phi) is 6.96. The van der Waals surface area contributed by atoms with Gasteiger partial charge in [0.1, 0.15) is 0 Å². The molecule has 0 bridgehead atoms. The molecule has 1 aliphatic rings. The normalized spacial score (nSPS) is 24.6. The molecule has 2 unspecified atom stereocenters. The molecule has 4 nitrogen and oxygen atoms in total. The maximum Gasteiger partial charge on any atom is 0.0702 e. The average Bonchev–Trinajstić information content (AvgIpc) is 2.31. The van der Waals surface area contributed by atoms with Gasteiger partial charge in [0.25, 0.3) is 0 Å². The number of nitrogens with zero attached hydrogens (tertiary/aromatic N) is 1. The van der Waals surface area contributed by atoms with Crippen LogP contribution in [0.3, 0.4) is 0 Å². The van der Waals surface area contributed by atoms with E-state index in [9.17, 15) is 0 Å². The van der Waals surface area contributed by atoms with Crippen LogP contribution in [0.5, 0.6) is 0 Å². The van der Waals surface area contributed by atoms with E-state index in [2.05, 4.69) is 17.1 Å². The zero-order chi connectivity index (χ0) is 11.8. The standard InChI is InChI=1S/C12H26N2O2/c1-3-16-12-5-4-7-14(9-12)8-6-11(10-15)13-2/h11-13,15H,3-10H2,1-2H3. The SMILES string of the molecule is CCOC1CCCN(CCC(CO)NC)C1. The Labute approximate surface area is 99.0 Å². The fraction of sp³-hybridized carbons (Fsp3) is 1.00. The van der Waals surface area contributed by atoms with Gasteiger partial charge < -0.3 is 20.1 Å². The Morgan fingerprint density at radius 1 is 1.56 bits per heavy atom. The zero-order valence-electron chi connectivity index (χ0n) is 10.6. The quantitative estimate of drug-likeness (QED) is 0.667. The van der Waals surface area contributed by atoms with E-state index in [0.717, 1.165) is 26.1 Å². The van der Waals surface area contributed by atoms with Crippen LogP contribution in [0.15, 0.2) is 0 Å². The van der Waals surface area contributed by atoms with Crippen molar-refractivity contribution in [3.05, 3.63) is 0 Å². The summed E-state index contributed by atoms with van der Waals surface area (Å²) < 4.78 is 5.67. The van der Waals surface area contributed by atoms with Crippen molar-refractivity contribution in [1.29, 1.82) is 0 Å². The Bertz CT molecular complexity index is 172. The first kappa shape index (κ1) is 13.9. The molecule has 4 heteroatoms. The molecule has 0 amide bonds. The summed E-state index contributed by atoms with van der Waals surface area (Å²) in [6.07, 6.45) is 3.85. The van der Waals surface area contributed by atoms with Crippen molar-refractivity contribution in [2.45, 2.75) is 38.3 Å². The number of piperidine rings is 1. The van der Waals surface area contributed by atoms with E-state index in [1.165, 1.54) is 19.4 Å². The molecule has 0 spiro atoms. The van der Waals surface area contributed by atoms with Gasteiger partial charge >= 0.3 is 0 Å². The molecule has 0 aromatic heterocycles. The van der Waals surface area contributed by atoms with Crippen LogP contribution in [0.4, 0.5) is 0 Å². The number of likely N-dealkylation sites (N-methyl/N-ethyl adjacent to an activating group) is 1. The van der Waals surface area contributed by atoms with Crippen LogP contribution in [0.1, 0.15) is 26.2 Å². The van der Waals surface area contributed by atoms with Gasteiger partial charge in [0, 0.05) is 19.2 Å². The van der Waals surface area contributed by atoms with E-state index >= 15 is 0 Å². The largest absolute Gasteiger partial charge is 0.395 e. The van der Waals surface area contributed by atoms with E-state index in [0.29, 0.717) is 6.10 Å². The molecule has 0 aliphatic carbocycles. The number of hydrogen-bond donors (Lipinski definition) is 2. The molecule has 1 fully saturated rings. The predicted octanol–water partition coefficient (Wildman–Crippen LogP) is 0.458. The minimum absolute atomic E-state index is 0.221. The summed E-state index contributed by atoms with van der Waals surface area (Å²) in [7, 11) is 1.90. The molecule has 2 atom stereocenters. The van der Waals surface area contributed by atoms with Crippen molar-refractivity contribution in [2.24, 2.45) is 0 Å². The van der Waals surface area contributed by atoms with Crippen molar-refractivity contribution in [1.82, 2.24) is 10.2 Å². The molecule has 2 N–H and O–H groups in total. The second-order valence-corrected chi connectivity index (χ2v) is 4.48. The smallest absolute Gasteiger partial charge is 0.0702 e. The van der Waals surface area contributed by atoms with Crippen molar-refractivity contribution >= 4 is 0 Å². The van der Waals surface area contributed by atoms with E-state index < -0.39 is 0 Å². The highest BCUT2D eigenvalue weighted by Crippen LogP contribution is 2.13. The van der Waals surface area contributed by atoms with Gasteiger partial charge in [-0.05, 0) is 46.3 Å². The van der Waals surface area contributed by atoms with Gasteiger partial charge in [-0.25, -0.2) is 0 Å². The molecule has 16 heavy (non-hydrogen) atoms. The van der Waals surface area contributed by atoms with Crippen LogP contribution < -0.4 is 5.32 Å². The highest BCUT2D eigenvalue weighted by atomic mass is 16.5. The fourth-order valence-electron chi connectivity index (χ4n) is 2.25. The van der Waals surface area contributed by atoms with Gasteiger partial charge in [0.15, 0.2) is 0 Å². The van der Waals surface area contributed by atoms with Crippen LogP contribution in [0.25, 0.3) is 0 Å². The molecule has 1 aliphatic heterocycles. The zero-order valence-corrected chi connectivity index (χ0v) is 10.6. The molecule has 1 rings (SSSR count). The summed E-state index contributed by atoms with van der Waals surface area (Å²) in [4.78, 5) is 2.45. The average molecular weight is 230 g/mol. The predicted molar refractivity (Wildman–Crippen MR) is 65.6 cm³/mol. The first-order valence-corrected chi connectivity index (χ1v) is 6.42. The van der Waals surface area contributed by atoms with Gasteiger partial charge in [-0.1, -0.05) is 0 Å². The van der Waals surface area contributed by atoms with E-state index in [1.54, 1.807) is 0 Å². The number of aliphatic hydroxyl groups is 1. The lowest BCUT2D eigenvalue weighted by molar-refractivity contribution is 0.00468. The second-order valence-electron chi connectivity index (χ2n) is 4.48. The number of hydrogen-bond acceptors (Lipinski definition) is 4. The Morgan fingerprint density at radius 2 is 2.38 bits per heavy atom. The summed E-state index contributed by atoms with van der Waals surface area (Å²) in [5.41, 5.74) is 0. The summed E-state index contributed by atoms with van der Waals surface area (Å²) in [5, 5.41) is 12.2. The maximum atomic E-state index is 9.09. The van der Waals surface area contributed by atoms with Crippen LogP contribution in [-0.2, 0) is 4.74 Å². The van der Waals surface area contributed by atoms with Crippen LogP contribution in [0.2, 0.25) is 0 Å². The number of likely N-dealkylation sites (tertiary alicyclic amines) is 1. The van der Waals surface area contributed by atoms with E-state index in [4.69, 9.17) is 9.84 Å².